The molecule has 0 bridgehead atoms. The lowest BCUT2D eigenvalue weighted by molar-refractivity contribution is -0.143. The molecule has 87 heavy (non-hydrogen) atoms. The summed E-state index contributed by atoms with van der Waals surface area (Å²) in [6.45, 7) is 4.87. The first kappa shape index (κ1) is 84.6. The number of esters is 1. The average Bonchev–Trinajstić information content (AvgIpc) is 3.54. The van der Waals surface area contributed by atoms with Crippen LogP contribution in [0, 0.1) is 0 Å². The monoisotopic (exact) mass is 1220 g/mol. The van der Waals surface area contributed by atoms with Crippen molar-refractivity contribution in [2.75, 3.05) is 13.2 Å². The van der Waals surface area contributed by atoms with Gasteiger partial charge in [-0.25, -0.2) is 0 Å². The Balaban J connectivity index is 3.39. The summed E-state index contributed by atoms with van der Waals surface area (Å²) in [7, 11) is 0. The number of aliphatic hydroxyl groups excluding tert-OH is 2. The number of carbonyl (C=O) groups excluding carboxylic acids is 2. The molecule has 0 saturated carbocycles. The van der Waals surface area contributed by atoms with Crippen molar-refractivity contribution in [2.24, 2.45) is 0 Å². The molecule has 2 unspecified atom stereocenters. The molecule has 0 aliphatic carbocycles. The molecule has 6 nitrogen and oxygen atoms in total. The number of amides is 1. The molecule has 3 N–H and O–H groups in total. The topological polar surface area (TPSA) is 95.9 Å². The largest absolute Gasteiger partial charge is 0.466 e. The molecular formula is C81H151NO5. The summed E-state index contributed by atoms with van der Waals surface area (Å²) < 4.78 is 5.48. The number of nitrogens with one attached hydrogen (secondary N) is 1. The minimum absolute atomic E-state index is 0.00315. The van der Waals surface area contributed by atoms with Crippen molar-refractivity contribution in [3.63, 3.8) is 0 Å². The highest BCUT2D eigenvalue weighted by atomic mass is 16.5. The van der Waals surface area contributed by atoms with Gasteiger partial charge in [0.05, 0.1) is 25.4 Å². The van der Waals surface area contributed by atoms with Gasteiger partial charge in [-0.1, -0.05) is 376 Å². The summed E-state index contributed by atoms with van der Waals surface area (Å²) in [6.07, 6.45) is 102. The van der Waals surface area contributed by atoms with Gasteiger partial charge in [-0.2, -0.15) is 0 Å². The fourth-order valence-electron chi connectivity index (χ4n) is 12.1. The Morgan fingerprint density at radius 1 is 0.322 bits per heavy atom. The van der Waals surface area contributed by atoms with Crippen LogP contribution >= 0.6 is 0 Å². The van der Waals surface area contributed by atoms with Gasteiger partial charge in [0.15, 0.2) is 0 Å². The molecule has 0 aromatic carbocycles. The lowest BCUT2D eigenvalue weighted by Gasteiger charge is -2.20. The van der Waals surface area contributed by atoms with Gasteiger partial charge >= 0.3 is 5.97 Å². The van der Waals surface area contributed by atoms with Gasteiger partial charge in [0.25, 0.3) is 0 Å². The van der Waals surface area contributed by atoms with E-state index in [0.29, 0.717) is 19.4 Å². The summed E-state index contributed by atoms with van der Waals surface area (Å²) in [4.78, 5) is 24.6. The highest BCUT2D eigenvalue weighted by molar-refractivity contribution is 5.76. The molecular weight excluding hydrogens is 1070 g/mol. The lowest BCUT2D eigenvalue weighted by atomic mass is 10.0. The smallest absolute Gasteiger partial charge is 0.305 e. The number of hydrogen-bond acceptors (Lipinski definition) is 5. The standard InChI is InChI=1S/C81H151NO5/c1-3-5-7-9-11-13-15-17-18-19-20-40-43-46-50-53-57-61-65-69-73-79(84)78(77-83)82-80(85)74-70-66-62-58-54-51-47-44-41-38-36-34-32-30-28-26-24-22-21-23-25-27-29-31-33-35-37-39-42-45-48-52-56-60-64-68-72-76-87-81(86)75-71-67-63-59-55-49-16-14-12-10-8-6-4-2/h8,10,14,16,21,23,27,29,69,73,78-79,83-84H,3-7,9,11-13,15,17-20,22,24-26,28,30-68,70-72,74-77H2,1-2H3,(H,82,85)/b10-8-,16-14-,23-21-,29-27-,73-69+. The van der Waals surface area contributed by atoms with E-state index in [1.54, 1.807) is 6.08 Å². The number of hydrogen-bond donors (Lipinski definition) is 3. The van der Waals surface area contributed by atoms with Crippen molar-refractivity contribution in [1.29, 1.82) is 0 Å². The van der Waals surface area contributed by atoms with E-state index in [2.05, 4.69) is 67.8 Å². The van der Waals surface area contributed by atoms with Crippen LogP contribution in [0.5, 0.6) is 0 Å². The zero-order valence-corrected chi connectivity index (χ0v) is 58.5. The normalized spacial score (nSPS) is 12.8. The predicted molar refractivity (Wildman–Crippen MR) is 384 cm³/mol. The first-order chi connectivity index (χ1) is 43.0. The van der Waals surface area contributed by atoms with Crippen LogP contribution < -0.4 is 5.32 Å². The molecule has 0 aromatic rings. The Hall–Kier alpha value is -2.44. The molecule has 0 radical (unpaired) electrons. The Labute approximate surface area is 543 Å². The molecule has 0 rings (SSSR count). The van der Waals surface area contributed by atoms with Crippen LogP contribution in [-0.2, 0) is 14.3 Å². The highest BCUT2D eigenvalue weighted by Crippen LogP contribution is 2.19. The Kier molecular flexibility index (Phi) is 73.9. The van der Waals surface area contributed by atoms with Crippen LogP contribution in [0.15, 0.2) is 60.8 Å². The summed E-state index contributed by atoms with van der Waals surface area (Å²) in [5, 5.41) is 23.3. The predicted octanol–water partition coefficient (Wildman–Crippen LogP) is 25.8. The van der Waals surface area contributed by atoms with E-state index in [1.165, 1.54) is 334 Å². The van der Waals surface area contributed by atoms with E-state index in [4.69, 9.17) is 4.74 Å². The SMILES string of the molecule is CCC/C=C\C/C=C\CCCCCCCC(=O)OCCCCCCCCCCCCCCC/C=C\C/C=C\CCCCCCCCCCCCCCCCCCCC(=O)NC(CO)C(O)/C=C/CCCCCCCCCCCCCCCCCCCC. The van der Waals surface area contributed by atoms with Crippen LogP contribution in [0.1, 0.15) is 418 Å². The molecule has 0 saturated heterocycles. The van der Waals surface area contributed by atoms with Crippen LogP contribution in [0.25, 0.3) is 0 Å². The van der Waals surface area contributed by atoms with Gasteiger partial charge in [0.1, 0.15) is 0 Å². The van der Waals surface area contributed by atoms with Crippen molar-refractivity contribution in [3.8, 4) is 0 Å². The van der Waals surface area contributed by atoms with E-state index in [1.807, 2.05) is 6.08 Å². The Bertz CT molecular complexity index is 1500. The van der Waals surface area contributed by atoms with Crippen molar-refractivity contribution in [1.82, 2.24) is 5.32 Å². The van der Waals surface area contributed by atoms with Gasteiger partial charge in [-0.05, 0) is 89.9 Å². The molecule has 0 aliphatic heterocycles. The second kappa shape index (κ2) is 76.0. The third kappa shape index (κ3) is 72.5. The van der Waals surface area contributed by atoms with Crippen molar-refractivity contribution in [2.45, 2.75) is 431 Å². The maximum absolute atomic E-state index is 12.5. The van der Waals surface area contributed by atoms with Crippen LogP contribution in [0.4, 0.5) is 0 Å². The van der Waals surface area contributed by atoms with Crippen molar-refractivity contribution < 1.29 is 24.5 Å². The van der Waals surface area contributed by atoms with Gasteiger partial charge in [0, 0.05) is 12.8 Å². The third-order valence-corrected chi connectivity index (χ3v) is 18.0. The average molecular weight is 1220 g/mol. The zero-order chi connectivity index (χ0) is 62.8. The minimum atomic E-state index is -0.844. The number of rotatable bonds is 73. The second-order valence-corrected chi connectivity index (χ2v) is 26.7. The maximum Gasteiger partial charge on any atom is 0.305 e. The van der Waals surface area contributed by atoms with E-state index in [-0.39, 0.29) is 18.5 Å². The molecule has 0 aromatic heterocycles. The molecule has 2 atom stereocenters. The first-order valence-electron chi connectivity index (χ1n) is 39.1. The molecule has 0 aliphatic rings. The molecule has 0 fully saturated rings. The van der Waals surface area contributed by atoms with E-state index < -0.39 is 12.1 Å². The summed E-state index contributed by atoms with van der Waals surface area (Å²) in [5.74, 6) is -0.0586. The number of unbranched alkanes of at least 4 members (excludes halogenated alkanes) is 54. The highest BCUT2D eigenvalue weighted by Gasteiger charge is 2.18. The van der Waals surface area contributed by atoms with Gasteiger partial charge in [-0.3, -0.25) is 9.59 Å². The second-order valence-electron chi connectivity index (χ2n) is 26.7. The Morgan fingerprint density at radius 3 is 0.920 bits per heavy atom. The minimum Gasteiger partial charge on any atom is -0.466 e. The van der Waals surface area contributed by atoms with E-state index >= 15 is 0 Å². The van der Waals surface area contributed by atoms with Crippen molar-refractivity contribution >= 4 is 11.9 Å². The molecule has 1 amide bonds. The third-order valence-electron chi connectivity index (χ3n) is 18.0. The number of ether oxygens (including phenoxy) is 1. The van der Waals surface area contributed by atoms with E-state index in [9.17, 15) is 19.8 Å². The van der Waals surface area contributed by atoms with Crippen molar-refractivity contribution in [3.05, 3.63) is 60.8 Å². The van der Waals surface area contributed by atoms with Crippen LogP contribution in [-0.4, -0.2) is 47.4 Å². The fraction of sp³-hybridized carbons (Fsp3) is 0.852. The van der Waals surface area contributed by atoms with Gasteiger partial charge in [-0.15, -0.1) is 0 Å². The van der Waals surface area contributed by atoms with E-state index in [0.717, 1.165) is 57.8 Å². The number of aliphatic hydroxyl groups is 2. The molecule has 510 valence electrons. The van der Waals surface area contributed by atoms with Crippen LogP contribution in [0.3, 0.4) is 0 Å². The lowest BCUT2D eigenvalue weighted by Crippen LogP contribution is -2.45. The van der Waals surface area contributed by atoms with Gasteiger partial charge in [0.2, 0.25) is 5.91 Å². The quantitative estimate of drug-likeness (QED) is 0.0320. The molecule has 0 spiro atoms. The summed E-state index contributed by atoms with van der Waals surface area (Å²) in [6, 6.07) is -0.627. The maximum atomic E-state index is 12.5. The zero-order valence-electron chi connectivity index (χ0n) is 58.5. The fourth-order valence-corrected chi connectivity index (χ4v) is 12.1. The molecule has 6 heteroatoms. The summed E-state index contributed by atoms with van der Waals surface area (Å²) in [5.41, 5.74) is 0. The number of allylic oxidation sites excluding steroid dienone is 9. The van der Waals surface area contributed by atoms with Gasteiger partial charge < -0.3 is 20.3 Å². The first-order valence-corrected chi connectivity index (χ1v) is 39.1. The molecule has 0 heterocycles. The number of carbonyl (C=O) groups is 2. The van der Waals surface area contributed by atoms with Crippen LogP contribution in [0.2, 0.25) is 0 Å². The Morgan fingerprint density at radius 2 is 0.598 bits per heavy atom. The summed E-state index contributed by atoms with van der Waals surface area (Å²) >= 11 is 0.